The SMILES string of the molecule is CCOC(=O)[C@@H](C)N1C(=O)S/C(=C/c2cc(Br)c(OCC(=O)Nc3ccc(F)cc3)c(OC)c2)C1=O. The molecule has 2 aromatic rings. The smallest absolute Gasteiger partial charge is 0.329 e. The monoisotopic (exact) mass is 580 g/mol. The first-order valence-corrected chi connectivity index (χ1v) is 12.2. The minimum Gasteiger partial charge on any atom is -0.493 e. The van der Waals surface area contributed by atoms with Crippen molar-refractivity contribution in [2.24, 2.45) is 0 Å². The Morgan fingerprint density at radius 1 is 1.22 bits per heavy atom. The molecule has 3 amide bonds. The van der Waals surface area contributed by atoms with Gasteiger partial charge >= 0.3 is 5.97 Å². The number of halogens is 2. The first-order valence-electron chi connectivity index (χ1n) is 10.6. The van der Waals surface area contributed by atoms with Crippen LogP contribution in [0.25, 0.3) is 6.08 Å². The molecule has 1 atom stereocenters. The molecule has 1 N–H and O–H groups in total. The molecule has 2 aromatic carbocycles. The van der Waals surface area contributed by atoms with Crippen LogP contribution in [0.4, 0.5) is 14.9 Å². The third-order valence-electron chi connectivity index (χ3n) is 4.86. The Balaban J connectivity index is 1.74. The summed E-state index contributed by atoms with van der Waals surface area (Å²) in [5, 5.41) is 2.01. The number of carbonyl (C=O) groups excluding carboxylic acids is 4. The summed E-state index contributed by atoms with van der Waals surface area (Å²) in [4.78, 5) is 50.4. The number of ether oxygens (including phenoxy) is 3. The molecule has 3 rings (SSSR count). The minimum atomic E-state index is -1.05. The lowest BCUT2D eigenvalue weighted by Gasteiger charge is -2.19. The Bertz CT molecular complexity index is 1220. The predicted octanol–water partition coefficient (Wildman–Crippen LogP) is 4.60. The van der Waals surface area contributed by atoms with Crippen molar-refractivity contribution in [1.29, 1.82) is 0 Å². The number of hydrogen-bond donors (Lipinski definition) is 1. The second-order valence-corrected chi connectivity index (χ2v) is 9.21. The quantitative estimate of drug-likeness (QED) is 0.338. The fourth-order valence-electron chi connectivity index (χ4n) is 3.16. The van der Waals surface area contributed by atoms with Gasteiger partial charge in [0.15, 0.2) is 18.1 Å². The van der Waals surface area contributed by atoms with Crippen LogP contribution in [0.15, 0.2) is 45.8 Å². The molecule has 0 aromatic heterocycles. The number of imide groups is 1. The van der Waals surface area contributed by atoms with Crippen LogP contribution < -0.4 is 14.8 Å². The molecule has 1 aliphatic heterocycles. The number of nitrogens with zero attached hydrogens (tertiary/aromatic N) is 1. The number of methoxy groups -OCH3 is 1. The molecule has 1 fully saturated rings. The Hall–Kier alpha value is -3.38. The highest BCUT2D eigenvalue weighted by molar-refractivity contribution is 9.10. The summed E-state index contributed by atoms with van der Waals surface area (Å²) in [7, 11) is 1.41. The van der Waals surface area contributed by atoms with E-state index in [2.05, 4.69) is 21.2 Å². The summed E-state index contributed by atoms with van der Waals surface area (Å²) < 4.78 is 29.3. The van der Waals surface area contributed by atoms with Crippen LogP contribution in [-0.4, -0.2) is 54.3 Å². The van der Waals surface area contributed by atoms with Crippen LogP contribution >= 0.6 is 27.7 Å². The van der Waals surface area contributed by atoms with E-state index >= 15 is 0 Å². The molecule has 1 aliphatic rings. The second-order valence-electron chi connectivity index (χ2n) is 7.36. The average molecular weight is 581 g/mol. The van der Waals surface area contributed by atoms with Crippen LogP contribution in [0.3, 0.4) is 0 Å². The molecule has 9 nitrogen and oxygen atoms in total. The van der Waals surface area contributed by atoms with E-state index < -0.39 is 34.9 Å². The van der Waals surface area contributed by atoms with Crippen molar-refractivity contribution < 1.29 is 37.8 Å². The van der Waals surface area contributed by atoms with Gasteiger partial charge in [0.05, 0.1) is 23.1 Å². The van der Waals surface area contributed by atoms with E-state index in [1.165, 1.54) is 44.4 Å². The molecule has 1 saturated heterocycles. The summed E-state index contributed by atoms with van der Waals surface area (Å²) >= 11 is 4.08. The number of rotatable bonds is 9. The molecule has 0 radical (unpaired) electrons. The largest absolute Gasteiger partial charge is 0.493 e. The lowest BCUT2D eigenvalue weighted by molar-refractivity contribution is -0.150. The van der Waals surface area contributed by atoms with Gasteiger partial charge in [-0.2, -0.15) is 0 Å². The highest BCUT2D eigenvalue weighted by Gasteiger charge is 2.41. The zero-order valence-corrected chi connectivity index (χ0v) is 21.9. The number of nitrogens with one attached hydrogen (secondary N) is 1. The standard InChI is InChI=1S/C24H22BrFN2O7S/c1-4-34-23(31)13(2)28-22(30)19(36-24(28)32)11-14-9-17(25)21(18(10-14)33-3)35-12-20(29)27-16-7-5-15(26)6-8-16/h5-11,13H,4,12H2,1-3H3,(H,27,29)/b19-11+/t13-/m1/s1. The van der Waals surface area contributed by atoms with Crippen LogP contribution in [0.2, 0.25) is 0 Å². The summed E-state index contributed by atoms with van der Waals surface area (Å²) in [6.07, 6.45) is 1.49. The lowest BCUT2D eigenvalue weighted by Crippen LogP contribution is -2.42. The average Bonchev–Trinajstić information content (AvgIpc) is 3.11. The van der Waals surface area contributed by atoms with Gasteiger partial charge in [0.25, 0.3) is 17.1 Å². The number of hydrogen-bond acceptors (Lipinski definition) is 8. The van der Waals surface area contributed by atoms with Gasteiger partial charge in [0.2, 0.25) is 0 Å². The summed E-state index contributed by atoms with van der Waals surface area (Å²) in [5.41, 5.74) is 0.925. The fourth-order valence-corrected chi connectivity index (χ4v) is 4.65. The molecule has 190 valence electrons. The second kappa shape index (κ2) is 12.0. The van der Waals surface area contributed by atoms with Crippen molar-refractivity contribution in [3.63, 3.8) is 0 Å². The van der Waals surface area contributed by atoms with Crippen molar-refractivity contribution in [2.45, 2.75) is 19.9 Å². The van der Waals surface area contributed by atoms with Gasteiger partial charge in [0, 0.05) is 5.69 Å². The molecule has 1 heterocycles. The lowest BCUT2D eigenvalue weighted by atomic mass is 10.1. The zero-order valence-electron chi connectivity index (χ0n) is 19.5. The number of carbonyl (C=O) groups is 4. The molecular formula is C24H22BrFN2O7S. The number of amides is 3. The van der Waals surface area contributed by atoms with Crippen molar-refractivity contribution in [3.8, 4) is 11.5 Å². The highest BCUT2D eigenvalue weighted by atomic mass is 79.9. The van der Waals surface area contributed by atoms with E-state index in [4.69, 9.17) is 14.2 Å². The number of thioether (sulfide) groups is 1. The van der Waals surface area contributed by atoms with Crippen LogP contribution in [-0.2, 0) is 19.1 Å². The van der Waals surface area contributed by atoms with Crippen molar-refractivity contribution in [1.82, 2.24) is 4.90 Å². The summed E-state index contributed by atoms with van der Waals surface area (Å²) in [6.45, 7) is 2.84. The molecule has 0 saturated carbocycles. The number of anilines is 1. The molecule has 0 aliphatic carbocycles. The van der Waals surface area contributed by atoms with E-state index in [-0.39, 0.29) is 29.6 Å². The molecule has 0 bridgehead atoms. The third-order valence-corrected chi connectivity index (χ3v) is 6.34. The summed E-state index contributed by atoms with van der Waals surface area (Å²) in [5.74, 6) is -1.66. The predicted molar refractivity (Wildman–Crippen MR) is 135 cm³/mol. The van der Waals surface area contributed by atoms with Crippen LogP contribution in [0.5, 0.6) is 11.5 Å². The van der Waals surface area contributed by atoms with Gasteiger partial charge in [-0.15, -0.1) is 0 Å². The van der Waals surface area contributed by atoms with Gasteiger partial charge in [0.1, 0.15) is 11.9 Å². The first kappa shape index (κ1) is 27.2. The Labute approximate surface area is 219 Å². The van der Waals surface area contributed by atoms with Crippen molar-refractivity contribution in [2.75, 3.05) is 25.6 Å². The molecule has 0 spiro atoms. The van der Waals surface area contributed by atoms with Gasteiger partial charge in [-0.1, -0.05) is 0 Å². The molecule has 12 heteroatoms. The minimum absolute atomic E-state index is 0.123. The van der Waals surface area contributed by atoms with E-state index in [1.807, 2.05) is 0 Å². The first-order chi connectivity index (χ1) is 17.1. The van der Waals surface area contributed by atoms with Gasteiger partial charge in [-0.25, -0.2) is 9.18 Å². The maximum Gasteiger partial charge on any atom is 0.329 e. The fraction of sp³-hybridized carbons (Fsp3) is 0.250. The van der Waals surface area contributed by atoms with Gasteiger partial charge < -0.3 is 19.5 Å². The van der Waals surface area contributed by atoms with E-state index in [1.54, 1.807) is 19.1 Å². The molecular weight excluding hydrogens is 559 g/mol. The maximum absolute atomic E-state index is 13.0. The zero-order chi connectivity index (χ0) is 26.4. The van der Waals surface area contributed by atoms with Gasteiger partial charge in [-0.05, 0) is 89.6 Å². The summed E-state index contributed by atoms with van der Waals surface area (Å²) in [6, 6.07) is 7.43. The highest BCUT2D eigenvalue weighted by Crippen LogP contribution is 2.39. The molecule has 0 unspecified atom stereocenters. The Kier molecular flexibility index (Phi) is 9.10. The normalized spacial score (nSPS) is 15.1. The number of esters is 1. The van der Waals surface area contributed by atoms with Crippen LogP contribution in [0, 0.1) is 5.82 Å². The van der Waals surface area contributed by atoms with Crippen LogP contribution in [0.1, 0.15) is 19.4 Å². The van der Waals surface area contributed by atoms with Crippen molar-refractivity contribution in [3.05, 3.63) is 57.2 Å². The van der Waals surface area contributed by atoms with E-state index in [0.717, 1.165) is 4.90 Å². The Morgan fingerprint density at radius 2 is 1.92 bits per heavy atom. The third kappa shape index (κ3) is 6.43. The topological polar surface area (TPSA) is 111 Å². The Morgan fingerprint density at radius 3 is 2.56 bits per heavy atom. The van der Waals surface area contributed by atoms with Crippen molar-refractivity contribution >= 4 is 62.5 Å². The van der Waals surface area contributed by atoms with E-state index in [9.17, 15) is 23.6 Å². The van der Waals surface area contributed by atoms with E-state index in [0.29, 0.717) is 27.5 Å². The molecule has 36 heavy (non-hydrogen) atoms. The number of benzene rings is 2. The van der Waals surface area contributed by atoms with Gasteiger partial charge in [-0.3, -0.25) is 19.3 Å². The maximum atomic E-state index is 13.0.